The summed E-state index contributed by atoms with van der Waals surface area (Å²) in [6.07, 6.45) is 6.75. The highest BCUT2D eigenvalue weighted by Crippen LogP contribution is 2.34. The molecule has 0 saturated heterocycles. The molecule has 0 aromatic heterocycles. The SMILES string of the molecule is CC(NC(=O)CCCNC(=O)NC1CCCCC1)c1ccc2c(c1)OCO2. The van der Waals surface area contributed by atoms with Gasteiger partial charge in [-0.25, -0.2) is 4.79 Å². The number of ether oxygens (including phenoxy) is 2. The molecule has 1 aromatic rings. The highest BCUT2D eigenvalue weighted by atomic mass is 16.7. The number of amides is 3. The van der Waals surface area contributed by atoms with Crippen LogP contribution in [0.4, 0.5) is 4.79 Å². The van der Waals surface area contributed by atoms with E-state index in [9.17, 15) is 9.59 Å². The number of hydrogen-bond donors (Lipinski definition) is 3. The summed E-state index contributed by atoms with van der Waals surface area (Å²) < 4.78 is 10.7. The Kier molecular flexibility index (Phi) is 6.79. The van der Waals surface area contributed by atoms with Gasteiger partial charge in [0.15, 0.2) is 11.5 Å². The molecular weight excluding hydrogens is 346 g/mol. The Morgan fingerprint density at radius 1 is 1.15 bits per heavy atom. The smallest absolute Gasteiger partial charge is 0.315 e. The summed E-state index contributed by atoms with van der Waals surface area (Å²) in [5.41, 5.74) is 0.970. The van der Waals surface area contributed by atoms with Crippen molar-refractivity contribution in [3.05, 3.63) is 23.8 Å². The van der Waals surface area contributed by atoms with E-state index in [1.54, 1.807) is 0 Å². The number of hydrogen-bond acceptors (Lipinski definition) is 4. The third-order valence-corrected chi connectivity index (χ3v) is 5.08. The number of nitrogens with one attached hydrogen (secondary N) is 3. The van der Waals surface area contributed by atoms with Gasteiger partial charge in [-0.3, -0.25) is 4.79 Å². The summed E-state index contributed by atoms with van der Waals surface area (Å²) in [4.78, 5) is 24.0. The quantitative estimate of drug-likeness (QED) is 0.639. The maximum atomic E-state index is 12.1. The van der Waals surface area contributed by atoms with Crippen molar-refractivity contribution in [1.82, 2.24) is 16.0 Å². The van der Waals surface area contributed by atoms with Crippen LogP contribution in [0.3, 0.4) is 0 Å². The first-order valence-electron chi connectivity index (χ1n) is 9.85. The van der Waals surface area contributed by atoms with Gasteiger partial charge in [-0.05, 0) is 43.9 Å². The number of benzene rings is 1. The average Bonchev–Trinajstić information content (AvgIpc) is 3.14. The largest absolute Gasteiger partial charge is 0.454 e. The fourth-order valence-electron chi connectivity index (χ4n) is 3.51. The Hall–Kier alpha value is -2.44. The highest BCUT2D eigenvalue weighted by Gasteiger charge is 2.17. The van der Waals surface area contributed by atoms with E-state index in [1.165, 1.54) is 19.3 Å². The summed E-state index contributed by atoms with van der Waals surface area (Å²) in [6, 6.07) is 5.73. The fourth-order valence-corrected chi connectivity index (χ4v) is 3.51. The fraction of sp³-hybridized carbons (Fsp3) is 0.600. The minimum atomic E-state index is -0.129. The van der Waals surface area contributed by atoms with Gasteiger partial charge in [0.1, 0.15) is 0 Å². The zero-order chi connectivity index (χ0) is 19.1. The van der Waals surface area contributed by atoms with Crippen LogP contribution in [0.2, 0.25) is 0 Å². The Morgan fingerprint density at radius 3 is 2.74 bits per heavy atom. The van der Waals surface area contributed by atoms with Crippen LogP contribution >= 0.6 is 0 Å². The monoisotopic (exact) mass is 375 g/mol. The Balaban J connectivity index is 1.31. The van der Waals surface area contributed by atoms with Gasteiger partial charge >= 0.3 is 6.03 Å². The highest BCUT2D eigenvalue weighted by molar-refractivity contribution is 5.77. The molecule has 1 atom stereocenters. The second-order valence-electron chi connectivity index (χ2n) is 7.24. The van der Waals surface area contributed by atoms with Crippen molar-refractivity contribution in [2.45, 2.75) is 64.0 Å². The Labute approximate surface area is 160 Å². The molecule has 27 heavy (non-hydrogen) atoms. The molecule has 2 aliphatic rings. The lowest BCUT2D eigenvalue weighted by atomic mass is 9.96. The van der Waals surface area contributed by atoms with E-state index in [1.807, 2.05) is 25.1 Å². The van der Waals surface area contributed by atoms with Gasteiger partial charge in [0, 0.05) is 19.0 Å². The van der Waals surface area contributed by atoms with E-state index in [2.05, 4.69) is 16.0 Å². The van der Waals surface area contributed by atoms with Crippen molar-refractivity contribution in [2.75, 3.05) is 13.3 Å². The minimum absolute atomic E-state index is 0.0327. The topological polar surface area (TPSA) is 88.7 Å². The van der Waals surface area contributed by atoms with Crippen LogP contribution in [0.15, 0.2) is 18.2 Å². The molecule has 3 amide bonds. The van der Waals surface area contributed by atoms with Crippen LogP contribution in [-0.2, 0) is 4.79 Å². The summed E-state index contributed by atoms with van der Waals surface area (Å²) >= 11 is 0. The van der Waals surface area contributed by atoms with Gasteiger partial charge in [0.25, 0.3) is 0 Å². The predicted molar refractivity (Wildman–Crippen MR) is 102 cm³/mol. The molecule has 1 aliphatic heterocycles. The van der Waals surface area contributed by atoms with Crippen LogP contribution in [0, 0.1) is 0 Å². The molecule has 1 heterocycles. The van der Waals surface area contributed by atoms with Crippen molar-refractivity contribution in [1.29, 1.82) is 0 Å². The summed E-state index contributed by atoms with van der Waals surface area (Å²) in [5, 5.41) is 8.82. The lowest BCUT2D eigenvalue weighted by molar-refractivity contribution is -0.121. The number of carbonyl (C=O) groups excluding carboxylic acids is 2. The number of fused-ring (bicyclic) bond motifs is 1. The molecule has 7 heteroatoms. The summed E-state index contributed by atoms with van der Waals surface area (Å²) in [7, 11) is 0. The molecule has 0 radical (unpaired) electrons. The number of carbonyl (C=O) groups is 2. The zero-order valence-electron chi connectivity index (χ0n) is 15.9. The van der Waals surface area contributed by atoms with E-state index in [4.69, 9.17) is 9.47 Å². The normalized spacial score (nSPS) is 17.2. The first-order valence-corrected chi connectivity index (χ1v) is 9.85. The standard InChI is InChI=1S/C20H29N3O4/c1-14(15-9-10-17-18(12-15)27-13-26-17)22-19(24)8-5-11-21-20(25)23-16-6-3-2-4-7-16/h9-10,12,14,16H,2-8,11,13H2,1H3,(H,22,24)(H2,21,23,25). The van der Waals surface area contributed by atoms with Gasteiger partial charge in [-0.15, -0.1) is 0 Å². The second-order valence-corrected chi connectivity index (χ2v) is 7.24. The first kappa shape index (κ1) is 19.3. The predicted octanol–water partition coefficient (Wildman–Crippen LogP) is 3.00. The van der Waals surface area contributed by atoms with Crippen LogP contribution in [0.1, 0.15) is 63.5 Å². The van der Waals surface area contributed by atoms with Crippen molar-refractivity contribution >= 4 is 11.9 Å². The number of rotatable bonds is 7. The molecule has 1 aliphatic carbocycles. The van der Waals surface area contributed by atoms with E-state index in [0.29, 0.717) is 31.2 Å². The first-order chi connectivity index (χ1) is 13.1. The van der Waals surface area contributed by atoms with Gasteiger partial charge in [0.2, 0.25) is 12.7 Å². The molecule has 1 unspecified atom stereocenters. The van der Waals surface area contributed by atoms with E-state index >= 15 is 0 Å². The molecule has 1 saturated carbocycles. The van der Waals surface area contributed by atoms with Crippen LogP contribution in [-0.4, -0.2) is 31.3 Å². The molecule has 1 aromatic carbocycles. The van der Waals surface area contributed by atoms with Crippen molar-refractivity contribution in [2.24, 2.45) is 0 Å². The van der Waals surface area contributed by atoms with Gasteiger partial charge in [0.05, 0.1) is 6.04 Å². The molecule has 7 nitrogen and oxygen atoms in total. The van der Waals surface area contributed by atoms with Crippen LogP contribution in [0.5, 0.6) is 11.5 Å². The molecule has 148 valence electrons. The van der Waals surface area contributed by atoms with Crippen molar-refractivity contribution in [3.63, 3.8) is 0 Å². The van der Waals surface area contributed by atoms with E-state index in [0.717, 1.165) is 24.2 Å². The summed E-state index contributed by atoms with van der Waals surface area (Å²) in [6.45, 7) is 2.66. The van der Waals surface area contributed by atoms with Crippen LogP contribution in [0.25, 0.3) is 0 Å². The van der Waals surface area contributed by atoms with Crippen molar-refractivity contribution in [3.8, 4) is 11.5 Å². The average molecular weight is 375 g/mol. The molecule has 3 N–H and O–H groups in total. The maximum absolute atomic E-state index is 12.1. The molecule has 0 spiro atoms. The molecule has 3 rings (SSSR count). The Morgan fingerprint density at radius 2 is 1.93 bits per heavy atom. The lowest BCUT2D eigenvalue weighted by Gasteiger charge is -2.22. The Bertz CT molecular complexity index is 659. The third-order valence-electron chi connectivity index (χ3n) is 5.08. The van der Waals surface area contributed by atoms with Crippen molar-refractivity contribution < 1.29 is 19.1 Å². The lowest BCUT2D eigenvalue weighted by Crippen LogP contribution is -2.43. The minimum Gasteiger partial charge on any atom is -0.454 e. The van der Waals surface area contributed by atoms with Gasteiger partial charge < -0.3 is 25.4 Å². The van der Waals surface area contributed by atoms with Gasteiger partial charge in [-0.1, -0.05) is 25.3 Å². The van der Waals surface area contributed by atoms with Gasteiger partial charge in [-0.2, -0.15) is 0 Å². The summed E-state index contributed by atoms with van der Waals surface area (Å²) in [5.74, 6) is 1.41. The number of urea groups is 1. The van der Waals surface area contributed by atoms with Crippen LogP contribution < -0.4 is 25.4 Å². The molecule has 0 bridgehead atoms. The van der Waals surface area contributed by atoms with E-state index in [-0.39, 0.29) is 24.8 Å². The second kappa shape index (κ2) is 9.48. The third kappa shape index (κ3) is 5.77. The molecule has 1 fully saturated rings. The van der Waals surface area contributed by atoms with E-state index < -0.39 is 0 Å². The maximum Gasteiger partial charge on any atom is 0.315 e. The molecular formula is C20H29N3O4. The zero-order valence-corrected chi connectivity index (χ0v) is 15.9.